The van der Waals surface area contributed by atoms with Crippen LogP contribution in [0.15, 0.2) is 109 Å². The highest BCUT2D eigenvalue weighted by Gasteiger charge is 2.37. The molecule has 0 aliphatic carbocycles. The van der Waals surface area contributed by atoms with E-state index in [9.17, 15) is 60.7 Å². The zero-order valence-corrected chi connectivity index (χ0v) is 44.1. The number of carbonyl (C=O) groups is 9. The zero-order valence-electron chi connectivity index (χ0n) is 44.1. The van der Waals surface area contributed by atoms with E-state index in [2.05, 4.69) is 42.2 Å². The number of hydrogen-bond donors (Lipinski definition) is 8. The highest BCUT2D eigenvalue weighted by atomic mass is 19.2. The topological polar surface area (TPSA) is 272 Å². The van der Waals surface area contributed by atoms with Crippen LogP contribution in [0.3, 0.4) is 0 Å². The van der Waals surface area contributed by atoms with Crippen molar-refractivity contribution in [2.75, 3.05) is 13.2 Å². The Kier molecular flexibility index (Phi) is 21.0. The summed E-state index contributed by atoms with van der Waals surface area (Å²) in [5.74, 6) is -15.2. The number of nitrogens with one attached hydrogen (secondary N) is 8. The van der Waals surface area contributed by atoms with Crippen LogP contribution in [-0.2, 0) is 65.5 Å². The molecule has 0 saturated carbocycles. The number of rotatable bonds is 14. The summed E-state index contributed by atoms with van der Waals surface area (Å²) in [4.78, 5) is 130. The molecule has 1 aromatic heterocycles. The molecule has 1 saturated heterocycles. The third-order valence-corrected chi connectivity index (χ3v) is 12.7. The molecule has 5 aromatic rings. The van der Waals surface area contributed by atoms with Crippen LogP contribution in [0.25, 0.3) is 23.1 Å². The molecule has 1 aliphatic heterocycles. The lowest BCUT2D eigenvalue weighted by atomic mass is 9.99. The van der Waals surface area contributed by atoms with E-state index in [1.54, 1.807) is 88.5 Å². The second-order valence-electron chi connectivity index (χ2n) is 19.5. The molecule has 6 rings (SSSR count). The van der Waals surface area contributed by atoms with Gasteiger partial charge in [-0.1, -0.05) is 88.4 Å². The van der Waals surface area contributed by atoms with E-state index in [0.717, 1.165) is 48.6 Å². The second-order valence-corrected chi connectivity index (χ2v) is 19.5. The molecule has 0 bridgehead atoms. The Balaban J connectivity index is 1.40. The molecule has 1 fully saturated rings. The minimum absolute atomic E-state index is 0.0606. The normalized spacial score (nSPS) is 21.2. The van der Waals surface area contributed by atoms with Crippen LogP contribution in [0.1, 0.15) is 56.9 Å². The first-order valence-corrected chi connectivity index (χ1v) is 25.4. The maximum absolute atomic E-state index is 14.7. The molecule has 80 heavy (non-hydrogen) atoms. The minimum atomic E-state index is -1.86. The molecule has 7 amide bonds. The third kappa shape index (κ3) is 16.9. The standard InChI is InChI=1S/C57H60F4N8O11/c1-30(2)49-56(77)65-43(25-33-11-7-6-8-12-33)53(74)69-50(31(3)4)57(78)67-46(29-80-48(71)22-18-35-16-20-39(59)41(61)24-35)55(76)64-44(26-36-27-62-42-14-10-9-13-37(36)42)52(73)66-45(54(75)63-32(5)51(72)68-49)28-79-47(70)21-17-34-15-19-38(58)40(60)23-34/h6-24,27,30-32,43-46,49-50,62H,25-26,28-29H2,1-5H3,(H,63,75)(H,64,76)(H,65,77)(H,66,73)(H,67,78)(H,68,72)(H,69,74)/b21-17+,22-18+/t32-,43+,44-,45+,46-,49-,50-/m1/s1. The van der Waals surface area contributed by atoms with Gasteiger partial charge in [0.2, 0.25) is 41.4 Å². The van der Waals surface area contributed by atoms with Gasteiger partial charge in [-0.2, -0.15) is 0 Å². The van der Waals surface area contributed by atoms with Crippen molar-refractivity contribution >= 4 is 76.3 Å². The average Bonchev–Trinajstić information content (AvgIpc) is 3.84. The van der Waals surface area contributed by atoms with Gasteiger partial charge in [0.05, 0.1) is 0 Å². The Labute approximate surface area is 457 Å². The van der Waals surface area contributed by atoms with Crippen LogP contribution < -0.4 is 37.2 Å². The molecule has 4 aromatic carbocycles. The number of aromatic amines is 1. The van der Waals surface area contributed by atoms with Gasteiger partial charge in [0.15, 0.2) is 23.3 Å². The molecule has 19 nitrogen and oxygen atoms in total. The lowest BCUT2D eigenvalue weighted by molar-refractivity contribution is -0.143. The van der Waals surface area contributed by atoms with Crippen molar-refractivity contribution < 1.29 is 70.2 Å². The number of H-pyrrole nitrogens is 1. The molecule has 0 unspecified atom stereocenters. The average molecular weight is 1110 g/mol. The van der Waals surface area contributed by atoms with Crippen molar-refractivity contribution in [3.63, 3.8) is 0 Å². The van der Waals surface area contributed by atoms with Gasteiger partial charge >= 0.3 is 11.9 Å². The molecule has 0 spiro atoms. The van der Waals surface area contributed by atoms with Crippen molar-refractivity contribution in [1.29, 1.82) is 0 Å². The van der Waals surface area contributed by atoms with Crippen molar-refractivity contribution in [3.8, 4) is 0 Å². The number of carbonyl (C=O) groups excluding carboxylic acids is 9. The number of para-hydroxylation sites is 1. The van der Waals surface area contributed by atoms with Gasteiger partial charge in [0, 0.05) is 42.1 Å². The maximum atomic E-state index is 14.7. The second kappa shape index (κ2) is 27.9. The van der Waals surface area contributed by atoms with Crippen LogP contribution in [0.5, 0.6) is 0 Å². The first-order chi connectivity index (χ1) is 38.1. The summed E-state index contributed by atoms with van der Waals surface area (Å²) in [5.41, 5.74) is 1.79. The Morgan fingerprint density at radius 1 is 0.500 bits per heavy atom. The van der Waals surface area contributed by atoms with E-state index in [1.807, 2.05) is 0 Å². The summed E-state index contributed by atoms with van der Waals surface area (Å²) in [6, 6.07) is 10.1. The van der Waals surface area contributed by atoms with Crippen LogP contribution >= 0.6 is 0 Å². The van der Waals surface area contributed by atoms with E-state index in [1.165, 1.54) is 19.1 Å². The number of ether oxygens (including phenoxy) is 2. The van der Waals surface area contributed by atoms with Gasteiger partial charge in [-0.25, -0.2) is 27.2 Å². The SMILES string of the molecule is CC(C)[C@H]1NC(=O)[C@H](Cc2ccccc2)NC(=O)[C@@H](C(C)C)NC(=O)[C@@H](C)NC(=O)[C@H](COC(=O)/C=C/c2ccc(F)c(F)c2)NC(=O)[C@@H](Cc2c[nH]c3ccccc23)NC(=O)[C@@H](COC(=O)/C=C/c2ccc(F)c(F)c2)NC1=O. The predicted octanol–water partition coefficient (Wildman–Crippen LogP) is 3.76. The predicted molar refractivity (Wildman–Crippen MR) is 284 cm³/mol. The van der Waals surface area contributed by atoms with Crippen LogP contribution in [-0.4, -0.2) is 114 Å². The van der Waals surface area contributed by atoms with E-state index >= 15 is 0 Å². The zero-order chi connectivity index (χ0) is 58.2. The third-order valence-electron chi connectivity index (χ3n) is 12.7. The van der Waals surface area contributed by atoms with Gasteiger partial charge in [0.1, 0.15) is 55.5 Å². The molecule has 1 aliphatic rings. The molecule has 7 atom stereocenters. The maximum Gasteiger partial charge on any atom is 0.330 e. The van der Waals surface area contributed by atoms with Gasteiger partial charge < -0.3 is 51.7 Å². The summed E-state index contributed by atoms with van der Waals surface area (Å²) >= 11 is 0. The van der Waals surface area contributed by atoms with Crippen LogP contribution in [0.4, 0.5) is 17.6 Å². The number of benzene rings is 4. The highest BCUT2D eigenvalue weighted by molar-refractivity contribution is 5.99. The van der Waals surface area contributed by atoms with Crippen molar-refractivity contribution in [3.05, 3.63) is 155 Å². The highest BCUT2D eigenvalue weighted by Crippen LogP contribution is 2.20. The first kappa shape index (κ1) is 60.1. The molecule has 8 N–H and O–H groups in total. The van der Waals surface area contributed by atoms with Gasteiger partial charge in [0.25, 0.3) is 0 Å². The number of esters is 2. The molecule has 0 radical (unpaired) electrons. The fourth-order valence-electron chi connectivity index (χ4n) is 8.19. The fourth-order valence-corrected chi connectivity index (χ4v) is 8.19. The summed E-state index contributed by atoms with van der Waals surface area (Å²) in [6.45, 7) is 5.79. The number of hydrogen-bond acceptors (Lipinski definition) is 11. The lowest BCUT2D eigenvalue weighted by Crippen LogP contribution is -2.62. The Bertz CT molecular complexity index is 3170. The quantitative estimate of drug-likeness (QED) is 0.0451. The molecular formula is C57H60F4N8O11. The molecular weight excluding hydrogens is 1050 g/mol. The summed E-state index contributed by atoms with van der Waals surface area (Å²) < 4.78 is 65.9. The first-order valence-electron chi connectivity index (χ1n) is 25.4. The van der Waals surface area contributed by atoms with Crippen molar-refractivity contribution in [2.45, 2.75) is 89.8 Å². The van der Waals surface area contributed by atoms with E-state index in [-0.39, 0.29) is 24.0 Å². The number of halogens is 4. The van der Waals surface area contributed by atoms with E-state index in [4.69, 9.17) is 9.47 Å². The number of amides is 7. The molecule has 422 valence electrons. The van der Waals surface area contributed by atoms with Crippen LogP contribution in [0.2, 0.25) is 0 Å². The summed E-state index contributed by atoms with van der Waals surface area (Å²) in [7, 11) is 0. The Hall–Kier alpha value is -9.15. The summed E-state index contributed by atoms with van der Waals surface area (Å²) in [6.07, 6.45) is 4.99. The van der Waals surface area contributed by atoms with Crippen molar-refractivity contribution in [1.82, 2.24) is 42.2 Å². The van der Waals surface area contributed by atoms with E-state index < -0.39 is 144 Å². The number of fused-ring (bicyclic) bond motifs is 1. The van der Waals surface area contributed by atoms with Crippen LogP contribution in [0, 0.1) is 35.1 Å². The van der Waals surface area contributed by atoms with E-state index in [0.29, 0.717) is 22.0 Å². The Morgan fingerprint density at radius 2 is 0.938 bits per heavy atom. The monoisotopic (exact) mass is 1110 g/mol. The minimum Gasteiger partial charge on any atom is -0.460 e. The largest absolute Gasteiger partial charge is 0.460 e. The fraction of sp³-hybridized carbons (Fsp3) is 0.316. The summed E-state index contributed by atoms with van der Waals surface area (Å²) in [5, 5.41) is 18.5. The van der Waals surface area contributed by atoms with Gasteiger partial charge in [-0.05, 0) is 83.5 Å². The smallest absolute Gasteiger partial charge is 0.330 e. The molecule has 23 heteroatoms. The lowest BCUT2D eigenvalue weighted by Gasteiger charge is -2.29. The Morgan fingerprint density at radius 3 is 1.48 bits per heavy atom. The van der Waals surface area contributed by atoms with Gasteiger partial charge in [-0.15, -0.1) is 0 Å². The van der Waals surface area contributed by atoms with Gasteiger partial charge in [-0.3, -0.25) is 33.6 Å². The van der Waals surface area contributed by atoms with Crippen molar-refractivity contribution in [2.24, 2.45) is 11.8 Å². The molecule has 2 heterocycles. The number of aromatic nitrogens is 1.